The van der Waals surface area contributed by atoms with Crippen LogP contribution in [0.4, 0.5) is 0 Å². The average molecular weight is 329 g/mol. The molecule has 0 saturated carbocycles. The number of fused-ring (bicyclic) bond motifs is 2. The maximum absolute atomic E-state index is 6.08. The number of ether oxygens (including phenoxy) is 1. The second kappa shape index (κ2) is 4.87. The first-order valence-electron chi connectivity index (χ1n) is 6.15. The maximum Gasteiger partial charge on any atom is 0.121 e. The Kier molecular flexibility index (Phi) is 3.39. The van der Waals surface area contributed by atoms with Gasteiger partial charge in [0, 0.05) is 29.4 Å². The fraction of sp³-hybridized carbons (Fsp3) is 0.429. The number of hydrogen-bond acceptors (Lipinski definition) is 2. The minimum atomic E-state index is 0.281. The van der Waals surface area contributed by atoms with Crippen LogP contribution in [0.2, 0.25) is 5.02 Å². The highest BCUT2D eigenvalue weighted by atomic mass is 79.9. The van der Waals surface area contributed by atoms with Gasteiger partial charge in [0.25, 0.3) is 0 Å². The lowest BCUT2D eigenvalue weighted by atomic mass is 9.99. The molecule has 0 aromatic heterocycles. The Bertz CT molecular complexity index is 475. The summed E-state index contributed by atoms with van der Waals surface area (Å²) in [5.74, 6) is 0.858. The zero-order valence-corrected chi connectivity index (χ0v) is 12.5. The highest BCUT2D eigenvalue weighted by molar-refractivity contribution is 9.10. The lowest BCUT2D eigenvalue weighted by Gasteiger charge is -2.36. The molecule has 4 heteroatoms. The molecule has 2 heterocycles. The second-order valence-electron chi connectivity index (χ2n) is 4.97. The Labute approximate surface area is 121 Å². The van der Waals surface area contributed by atoms with Crippen LogP contribution in [0.25, 0.3) is 0 Å². The van der Waals surface area contributed by atoms with Crippen molar-refractivity contribution < 1.29 is 4.74 Å². The van der Waals surface area contributed by atoms with Gasteiger partial charge in [0.1, 0.15) is 11.9 Å². The van der Waals surface area contributed by atoms with Crippen molar-refractivity contribution in [3.05, 3.63) is 39.8 Å². The summed E-state index contributed by atoms with van der Waals surface area (Å²) in [7, 11) is 2.18. The molecule has 1 unspecified atom stereocenters. The van der Waals surface area contributed by atoms with E-state index in [1.54, 1.807) is 0 Å². The molecule has 1 aromatic carbocycles. The van der Waals surface area contributed by atoms with Gasteiger partial charge in [-0.25, -0.2) is 0 Å². The quantitative estimate of drug-likeness (QED) is 0.764. The van der Waals surface area contributed by atoms with E-state index in [2.05, 4.69) is 40.0 Å². The summed E-state index contributed by atoms with van der Waals surface area (Å²) in [5, 5.41) is 0.696. The van der Waals surface area contributed by atoms with Crippen LogP contribution < -0.4 is 4.74 Å². The van der Waals surface area contributed by atoms with Crippen molar-refractivity contribution >= 4 is 27.5 Å². The van der Waals surface area contributed by atoms with Gasteiger partial charge in [-0.1, -0.05) is 23.8 Å². The van der Waals surface area contributed by atoms with Gasteiger partial charge >= 0.3 is 0 Å². The van der Waals surface area contributed by atoms with E-state index < -0.39 is 0 Å². The lowest BCUT2D eigenvalue weighted by molar-refractivity contribution is 0.0751. The lowest BCUT2D eigenvalue weighted by Crippen LogP contribution is -2.44. The summed E-state index contributed by atoms with van der Waals surface area (Å²) in [6, 6.07) is 6.82. The van der Waals surface area contributed by atoms with E-state index in [-0.39, 0.29) is 6.10 Å². The van der Waals surface area contributed by atoms with Gasteiger partial charge in [0.2, 0.25) is 0 Å². The molecule has 3 atom stereocenters. The Morgan fingerprint density at radius 3 is 2.56 bits per heavy atom. The van der Waals surface area contributed by atoms with Gasteiger partial charge in [-0.05, 0) is 41.2 Å². The normalized spacial score (nSPS) is 30.7. The van der Waals surface area contributed by atoms with Crippen LogP contribution in [0.3, 0.4) is 0 Å². The molecule has 3 rings (SSSR count). The highest BCUT2D eigenvalue weighted by Gasteiger charge is 2.35. The highest BCUT2D eigenvalue weighted by Crippen LogP contribution is 2.33. The Hall–Kier alpha value is -0.510. The molecule has 96 valence electrons. The van der Waals surface area contributed by atoms with Crippen LogP contribution in [0, 0.1) is 0 Å². The van der Waals surface area contributed by atoms with E-state index in [0.717, 1.165) is 23.1 Å². The molecule has 2 aliphatic heterocycles. The van der Waals surface area contributed by atoms with E-state index >= 15 is 0 Å². The molecule has 2 bridgehead atoms. The predicted molar refractivity (Wildman–Crippen MR) is 77.3 cm³/mol. The van der Waals surface area contributed by atoms with Gasteiger partial charge in [0.05, 0.1) is 5.02 Å². The van der Waals surface area contributed by atoms with Gasteiger partial charge < -0.3 is 4.74 Å². The predicted octanol–water partition coefficient (Wildman–Crippen LogP) is 3.88. The van der Waals surface area contributed by atoms with Crippen molar-refractivity contribution in [1.29, 1.82) is 0 Å². The first-order valence-corrected chi connectivity index (χ1v) is 7.32. The van der Waals surface area contributed by atoms with Crippen molar-refractivity contribution in [3.63, 3.8) is 0 Å². The van der Waals surface area contributed by atoms with Crippen molar-refractivity contribution in [2.24, 2.45) is 0 Å². The molecule has 0 amide bonds. The van der Waals surface area contributed by atoms with Crippen molar-refractivity contribution in [3.8, 4) is 5.75 Å². The zero-order chi connectivity index (χ0) is 12.7. The molecule has 0 radical (unpaired) electrons. The number of halogens is 2. The van der Waals surface area contributed by atoms with Gasteiger partial charge in [-0.3, -0.25) is 4.90 Å². The summed E-state index contributed by atoms with van der Waals surface area (Å²) < 4.78 is 6.95. The molecule has 0 aliphatic carbocycles. The van der Waals surface area contributed by atoms with Crippen LogP contribution in [-0.4, -0.2) is 30.1 Å². The Balaban J connectivity index is 1.69. The number of rotatable bonds is 2. The third-order valence-corrected chi connectivity index (χ3v) is 5.04. The van der Waals surface area contributed by atoms with Gasteiger partial charge in [0.15, 0.2) is 0 Å². The summed E-state index contributed by atoms with van der Waals surface area (Å²) in [6.07, 6.45) is 6.97. The van der Waals surface area contributed by atoms with E-state index in [0.29, 0.717) is 17.1 Å². The molecular weight excluding hydrogens is 314 g/mol. The third kappa shape index (κ3) is 2.31. The second-order valence-corrected chi connectivity index (χ2v) is 6.23. The summed E-state index contributed by atoms with van der Waals surface area (Å²) in [6.45, 7) is 0. The van der Waals surface area contributed by atoms with E-state index in [1.165, 1.54) is 0 Å². The van der Waals surface area contributed by atoms with E-state index in [9.17, 15) is 0 Å². The smallest absolute Gasteiger partial charge is 0.121 e. The molecule has 1 aromatic rings. The molecular formula is C14H15BrClNO. The third-order valence-electron chi connectivity index (χ3n) is 3.80. The molecule has 1 fully saturated rings. The fourth-order valence-electron chi connectivity index (χ4n) is 2.74. The first-order chi connectivity index (χ1) is 8.63. The Morgan fingerprint density at radius 2 is 1.94 bits per heavy atom. The number of piperidine rings is 1. The average Bonchev–Trinajstić information content (AvgIpc) is 2.58. The SMILES string of the molecule is CN1[C@@H]2C=C[C@H]1CC(Oc1ccc(Br)c(Cl)c1)C2. The number of hydrogen-bond donors (Lipinski definition) is 0. The van der Waals surface area contributed by atoms with Crippen molar-refractivity contribution in [2.45, 2.75) is 31.0 Å². The topological polar surface area (TPSA) is 12.5 Å². The first kappa shape index (κ1) is 12.5. The van der Waals surface area contributed by atoms with Crippen molar-refractivity contribution in [1.82, 2.24) is 4.90 Å². The molecule has 1 saturated heterocycles. The standard InChI is InChI=1S/C14H15BrClNO/c1-17-9-2-3-10(17)7-12(6-9)18-11-4-5-13(15)14(16)8-11/h2-5,8-10,12H,6-7H2,1H3/t9-,10+,12?. The van der Waals surface area contributed by atoms with Crippen LogP contribution in [0.5, 0.6) is 5.75 Å². The molecule has 18 heavy (non-hydrogen) atoms. The maximum atomic E-state index is 6.08. The van der Waals surface area contributed by atoms with Crippen LogP contribution >= 0.6 is 27.5 Å². The van der Waals surface area contributed by atoms with Crippen LogP contribution in [0.1, 0.15) is 12.8 Å². The summed E-state index contributed by atoms with van der Waals surface area (Å²) in [4.78, 5) is 2.41. The molecule has 2 nitrogen and oxygen atoms in total. The minimum absolute atomic E-state index is 0.281. The van der Waals surface area contributed by atoms with E-state index in [1.807, 2.05) is 18.2 Å². The fourth-order valence-corrected chi connectivity index (χ4v) is 3.15. The number of likely N-dealkylation sites (N-methyl/N-ethyl adjacent to an activating group) is 1. The van der Waals surface area contributed by atoms with Crippen LogP contribution in [0.15, 0.2) is 34.8 Å². The molecule has 0 N–H and O–H groups in total. The monoisotopic (exact) mass is 327 g/mol. The zero-order valence-electron chi connectivity index (χ0n) is 10.1. The number of nitrogens with zero attached hydrogens (tertiary/aromatic N) is 1. The minimum Gasteiger partial charge on any atom is -0.490 e. The van der Waals surface area contributed by atoms with E-state index in [4.69, 9.17) is 16.3 Å². The summed E-state index contributed by atoms with van der Waals surface area (Å²) >= 11 is 9.46. The Morgan fingerprint density at radius 1 is 1.28 bits per heavy atom. The van der Waals surface area contributed by atoms with Crippen molar-refractivity contribution in [2.75, 3.05) is 7.05 Å². The largest absolute Gasteiger partial charge is 0.490 e. The van der Waals surface area contributed by atoms with Crippen LogP contribution in [-0.2, 0) is 0 Å². The van der Waals surface area contributed by atoms with Gasteiger partial charge in [-0.2, -0.15) is 0 Å². The molecule has 2 aliphatic rings. The number of benzene rings is 1. The van der Waals surface area contributed by atoms with Gasteiger partial charge in [-0.15, -0.1) is 0 Å². The molecule has 0 spiro atoms. The summed E-state index contributed by atoms with van der Waals surface area (Å²) in [5.41, 5.74) is 0.